The molecule has 146 valence electrons. The molecule has 0 bridgehead atoms. The number of piperidine rings is 1. The normalized spacial score (nSPS) is 17.5. The van der Waals surface area contributed by atoms with Crippen molar-refractivity contribution in [1.82, 2.24) is 15.0 Å². The maximum absolute atomic E-state index is 6.07. The highest BCUT2D eigenvalue weighted by atomic mass is 16.5. The van der Waals surface area contributed by atoms with Crippen molar-refractivity contribution in [1.29, 1.82) is 0 Å². The standard InChI is InChI=1S/C23H27N3O2/c1-18-8-5-6-12-21(18)27-17-20-11-7-13-26(15-20)16-23-24-22(25-28-23)14-19-9-3-2-4-10-19/h2-6,8-10,12,20H,7,11,13-17H2,1H3/t20-/m1/s1. The van der Waals surface area contributed by atoms with E-state index in [2.05, 4.69) is 40.2 Å². The molecule has 0 N–H and O–H groups in total. The number of para-hydroxylation sites is 1. The predicted molar refractivity (Wildman–Crippen MR) is 108 cm³/mol. The minimum absolute atomic E-state index is 0.528. The van der Waals surface area contributed by atoms with Gasteiger partial charge in [-0.2, -0.15) is 4.98 Å². The molecule has 0 saturated carbocycles. The maximum Gasteiger partial charge on any atom is 0.240 e. The molecule has 1 aliphatic rings. The molecule has 1 aromatic heterocycles. The molecule has 4 rings (SSSR count). The monoisotopic (exact) mass is 377 g/mol. The summed E-state index contributed by atoms with van der Waals surface area (Å²) in [6.07, 6.45) is 3.08. The predicted octanol–water partition coefficient (Wildman–Crippen LogP) is 4.26. The zero-order valence-corrected chi connectivity index (χ0v) is 16.4. The van der Waals surface area contributed by atoms with E-state index in [1.165, 1.54) is 24.0 Å². The Labute approximate surface area is 166 Å². The number of rotatable bonds is 7. The molecule has 2 heterocycles. The minimum atomic E-state index is 0.528. The summed E-state index contributed by atoms with van der Waals surface area (Å²) in [5, 5.41) is 4.14. The van der Waals surface area contributed by atoms with Gasteiger partial charge in [-0.15, -0.1) is 0 Å². The fourth-order valence-electron chi connectivity index (χ4n) is 3.75. The number of hydrogen-bond donors (Lipinski definition) is 0. The van der Waals surface area contributed by atoms with Crippen LogP contribution in [0.15, 0.2) is 59.1 Å². The molecule has 0 aliphatic carbocycles. The highest BCUT2D eigenvalue weighted by molar-refractivity contribution is 5.31. The van der Waals surface area contributed by atoms with E-state index >= 15 is 0 Å². The lowest BCUT2D eigenvalue weighted by Crippen LogP contribution is -2.37. The summed E-state index contributed by atoms with van der Waals surface area (Å²) in [5.41, 5.74) is 2.38. The van der Waals surface area contributed by atoms with Gasteiger partial charge >= 0.3 is 0 Å². The second-order valence-corrected chi connectivity index (χ2v) is 7.59. The number of aryl methyl sites for hydroxylation is 1. The van der Waals surface area contributed by atoms with Crippen molar-refractivity contribution in [2.24, 2.45) is 5.92 Å². The van der Waals surface area contributed by atoms with Crippen LogP contribution in [0.3, 0.4) is 0 Å². The lowest BCUT2D eigenvalue weighted by molar-refractivity contribution is 0.115. The van der Waals surface area contributed by atoms with Gasteiger partial charge in [-0.05, 0) is 43.5 Å². The van der Waals surface area contributed by atoms with Gasteiger partial charge < -0.3 is 9.26 Å². The van der Waals surface area contributed by atoms with E-state index in [0.29, 0.717) is 24.8 Å². The highest BCUT2D eigenvalue weighted by Crippen LogP contribution is 2.22. The van der Waals surface area contributed by atoms with Crippen LogP contribution < -0.4 is 4.74 Å². The first-order valence-electron chi connectivity index (χ1n) is 10.0. The molecule has 0 radical (unpaired) electrons. The summed E-state index contributed by atoms with van der Waals surface area (Å²) in [7, 11) is 0. The first kappa shape index (κ1) is 18.7. The van der Waals surface area contributed by atoms with E-state index in [-0.39, 0.29) is 0 Å². The molecule has 3 aromatic rings. The summed E-state index contributed by atoms with van der Waals surface area (Å²) < 4.78 is 11.6. The quantitative estimate of drug-likeness (QED) is 0.616. The van der Waals surface area contributed by atoms with Gasteiger partial charge in [0, 0.05) is 18.9 Å². The van der Waals surface area contributed by atoms with Crippen LogP contribution in [0.2, 0.25) is 0 Å². The summed E-state index contributed by atoms with van der Waals surface area (Å²) in [4.78, 5) is 6.98. The fourth-order valence-corrected chi connectivity index (χ4v) is 3.75. The second kappa shape index (κ2) is 9.02. The summed E-state index contributed by atoms with van der Waals surface area (Å²) in [5.74, 6) is 2.96. The van der Waals surface area contributed by atoms with E-state index < -0.39 is 0 Å². The third-order valence-corrected chi connectivity index (χ3v) is 5.25. The van der Waals surface area contributed by atoms with Crippen LogP contribution in [0, 0.1) is 12.8 Å². The van der Waals surface area contributed by atoms with Crippen LogP contribution >= 0.6 is 0 Å². The van der Waals surface area contributed by atoms with Gasteiger partial charge in [0.2, 0.25) is 5.89 Å². The smallest absolute Gasteiger partial charge is 0.240 e. The van der Waals surface area contributed by atoms with Crippen molar-refractivity contribution in [3.8, 4) is 5.75 Å². The first-order valence-corrected chi connectivity index (χ1v) is 10.0. The third-order valence-electron chi connectivity index (χ3n) is 5.25. The van der Waals surface area contributed by atoms with Crippen molar-refractivity contribution in [3.05, 3.63) is 77.4 Å². The molecular formula is C23H27N3O2. The van der Waals surface area contributed by atoms with Crippen molar-refractivity contribution in [3.63, 3.8) is 0 Å². The Bertz CT molecular complexity index is 878. The van der Waals surface area contributed by atoms with Crippen LogP contribution in [0.25, 0.3) is 0 Å². The fraction of sp³-hybridized carbons (Fsp3) is 0.391. The van der Waals surface area contributed by atoms with Crippen LogP contribution in [-0.2, 0) is 13.0 Å². The van der Waals surface area contributed by atoms with Gasteiger partial charge in [0.05, 0.1) is 13.2 Å². The van der Waals surface area contributed by atoms with Crippen LogP contribution in [0.1, 0.15) is 35.7 Å². The summed E-state index contributed by atoms with van der Waals surface area (Å²) >= 11 is 0. The number of aromatic nitrogens is 2. The van der Waals surface area contributed by atoms with E-state index in [0.717, 1.165) is 31.3 Å². The summed E-state index contributed by atoms with van der Waals surface area (Å²) in [6, 6.07) is 18.4. The van der Waals surface area contributed by atoms with Crippen molar-refractivity contribution in [2.75, 3.05) is 19.7 Å². The Morgan fingerprint density at radius 3 is 2.79 bits per heavy atom. The van der Waals surface area contributed by atoms with Crippen molar-refractivity contribution >= 4 is 0 Å². The Balaban J connectivity index is 1.28. The summed E-state index contributed by atoms with van der Waals surface area (Å²) in [6.45, 7) is 5.62. The van der Waals surface area contributed by atoms with Crippen LogP contribution in [0.4, 0.5) is 0 Å². The minimum Gasteiger partial charge on any atom is -0.493 e. The molecule has 2 aromatic carbocycles. The van der Waals surface area contributed by atoms with Crippen molar-refractivity contribution in [2.45, 2.75) is 32.7 Å². The molecule has 1 atom stereocenters. The average Bonchev–Trinajstić information content (AvgIpc) is 3.15. The molecule has 5 nitrogen and oxygen atoms in total. The van der Waals surface area contributed by atoms with Crippen molar-refractivity contribution < 1.29 is 9.26 Å². The average molecular weight is 377 g/mol. The van der Waals surface area contributed by atoms with E-state index in [4.69, 9.17) is 9.26 Å². The maximum atomic E-state index is 6.07. The van der Waals surface area contributed by atoms with Gasteiger partial charge in [0.1, 0.15) is 5.75 Å². The van der Waals surface area contributed by atoms with Gasteiger partial charge in [-0.1, -0.05) is 53.7 Å². The largest absolute Gasteiger partial charge is 0.493 e. The lowest BCUT2D eigenvalue weighted by atomic mass is 9.99. The topological polar surface area (TPSA) is 51.4 Å². The van der Waals surface area contributed by atoms with Crippen LogP contribution in [-0.4, -0.2) is 34.7 Å². The number of ether oxygens (including phenoxy) is 1. The molecular weight excluding hydrogens is 350 g/mol. The molecule has 1 fully saturated rings. The lowest BCUT2D eigenvalue weighted by Gasteiger charge is -2.31. The SMILES string of the molecule is Cc1ccccc1OC[C@@H]1CCCN(Cc2nc(Cc3ccccc3)no2)C1. The molecule has 28 heavy (non-hydrogen) atoms. The van der Waals surface area contributed by atoms with E-state index in [1.807, 2.05) is 36.4 Å². The Hall–Kier alpha value is -2.66. The zero-order chi connectivity index (χ0) is 19.2. The van der Waals surface area contributed by atoms with E-state index in [9.17, 15) is 0 Å². The molecule has 1 aliphatic heterocycles. The molecule has 5 heteroatoms. The molecule has 0 amide bonds. The van der Waals surface area contributed by atoms with Crippen LogP contribution in [0.5, 0.6) is 5.75 Å². The Morgan fingerprint density at radius 1 is 1.11 bits per heavy atom. The third kappa shape index (κ3) is 4.98. The molecule has 0 spiro atoms. The number of likely N-dealkylation sites (tertiary alicyclic amines) is 1. The zero-order valence-electron chi connectivity index (χ0n) is 16.4. The number of nitrogens with zero attached hydrogens (tertiary/aromatic N) is 3. The van der Waals surface area contributed by atoms with Gasteiger partial charge in [-0.3, -0.25) is 4.90 Å². The van der Waals surface area contributed by atoms with Gasteiger partial charge in [0.15, 0.2) is 5.82 Å². The van der Waals surface area contributed by atoms with Gasteiger partial charge in [-0.25, -0.2) is 0 Å². The second-order valence-electron chi connectivity index (χ2n) is 7.59. The first-order chi connectivity index (χ1) is 13.8. The highest BCUT2D eigenvalue weighted by Gasteiger charge is 2.22. The molecule has 1 saturated heterocycles. The van der Waals surface area contributed by atoms with E-state index in [1.54, 1.807) is 0 Å². The Morgan fingerprint density at radius 2 is 1.93 bits per heavy atom. The number of benzene rings is 2. The van der Waals surface area contributed by atoms with Gasteiger partial charge in [0.25, 0.3) is 0 Å². The number of hydrogen-bond acceptors (Lipinski definition) is 5. The molecule has 0 unspecified atom stereocenters. The Kier molecular flexibility index (Phi) is 6.02.